The second-order valence-corrected chi connectivity index (χ2v) is 3.47. The van der Waals surface area contributed by atoms with Gasteiger partial charge in [0.1, 0.15) is 12.1 Å². The van der Waals surface area contributed by atoms with Gasteiger partial charge in [0.05, 0.1) is 0 Å². The van der Waals surface area contributed by atoms with E-state index in [1.165, 1.54) is 0 Å². The molecule has 0 radical (unpaired) electrons. The van der Waals surface area contributed by atoms with Crippen LogP contribution in [0.3, 0.4) is 0 Å². The molecule has 0 saturated heterocycles. The molecule has 92 valence electrons. The molecule has 1 aromatic heterocycles. The molecule has 1 amide bonds. The van der Waals surface area contributed by atoms with Gasteiger partial charge in [-0.25, -0.2) is 4.79 Å². The molecular weight excluding hydrogens is 236 g/mol. The van der Waals surface area contributed by atoms with Crippen molar-refractivity contribution >= 4 is 23.0 Å². The molecule has 0 saturated carbocycles. The van der Waals surface area contributed by atoms with E-state index in [2.05, 4.69) is 10.3 Å². The van der Waals surface area contributed by atoms with Crippen molar-refractivity contribution in [2.45, 2.75) is 0 Å². The van der Waals surface area contributed by atoms with Crippen LogP contribution in [-0.2, 0) is 4.79 Å². The van der Waals surface area contributed by atoms with Gasteiger partial charge in [-0.05, 0) is 12.1 Å². The highest BCUT2D eigenvalue weighted by Gasteiger charge is 2.09. The fraction of sp³-hybridized carbons (Fsp3) is 0.0833. The quantitative estimate of drug-likeness (QED) is 0.854. The van der Waals surface area contributed by atoms with E-state index in [1.807, 2.05) is 12.1 Å². The maximum Gasteiger partial charge on any atom is 0.413 e. The fourth-order valence-electron chi connectivity index (χ4n) is 1.44. The second kappa shape index (κ2) is 5.13. The van der Waals surface area contributed by atoms with Gasteiger partial charge in [-0.2, -0.15) is 0 Å². The van der Waals surface area contributed by atoms with Crippen LogP contribution in [0.2, 0.25) is 0 Å². The van der Waals surface area contributed by atoms with Crippen molar-refractivity contribution in [2.75, 3.05) is 6.54 Å². The van der Waals surface area contributed by atoms with E-state index >= 15 is 0 Å². The third kappa shape index (κ3) is 2.73. The van der Waals surface area contributed by atoms with E-state index in [0.717, 1.165) is 5.39 Å². The molecule has 2 N–H and O–H groups in total. The van der Waals surface area contributed by atoms with E-state index < -0.39 is 18.6 Å². The number of carbonyl (C=O) groups is 2. The van der Waals surface area contributed by atoms with Gasteiger partial charge in [-0.15, -0.1) is 0 Å². The third-order valence-corrected chi connectivity index (χ3v) is 2.18. The molecule has 0 aliphatic carbocycles. The summed E-state index contributed by atoms with van der Waals surface area (Å²) in [6, 6.07) is 8.77. The Kier molecular flexibility index (Phi) is 3.38. The number of rotatable bonds is 3. The SMILES string of the molecule is O=C(O)CNC(=O)Oc1cccc2cccnc12. The second-order valence-electron chi connectivity index (χ2n) is 3.47. The zero-order valence-corrected chi connectivity index (χ0v) is 9.29. The molecule has 0 aliphatic rings. The summed E-state index contributed by atoms with van der Waals surface area (Å²) in [5, 5.41) is 11.4. The van der Waals surface area contributed by atoms with Crippen LogP contribution >= 0.6 is 0 Å². The summed E-state index contributed by atoms with van der Waals surface area (Å²) in [5.41, 5.74) is 0.547. The molecule has 1 heterocycles. The molecule has 0 spiro atoms. The minimum atomic E-state index is -1.14. The number of carbonyl (C=O) groups excluding carboxylic acids is 1. The Morgan fingerprint density at radius 2 is 2.06 bits per heavy atom. The molecule has 0 aliphatic heterocycles. The van der Waals surface area contributed by atoms with Gasteiger partial charge in [0.2, 0.25) is 0 Å². The number of fused-ring (bicyclic) bond motifs is 1. The number of carboxylic acid groups (broad SMARTS) is 1. The van der Waals surface area contributed by atoms with Crippen LogP contribution < -0.4 is 10.1 Å². The van der Waals surface area contributed by atoms with Gasteiger partial charge in [0.25, 0.3) is 0 Å². The molecule has 2 rings (SSSR count). The Hall–Kier alpha value is -2.63. The number of hydrogen-bond donors (Lipinski definition) is 2. The highest BCUT2D eigenvalue weighted by atomic mass is 16.6. The van der Waals surface area contributed by atoms with Crippen LogP contribution in [0, 0.1) is 0 Å². The molecular formula is C12H10N2O4. The molecule has 0 unspecified atom stereocenters. The van der Waals surface area contributed by atoms with Gasteiger partial charge < -0.3 is 15.2 Å². The first-order valence-corrected chi connectivity index (χ1v) is 5.18. The number of carboxylic acids is 1. The summed E-state index contributed by atoms with van der Waals surface area (Å²) in [5.74, 6) is -0.848. The summed E-state index contributed by atoms with van der Waals surface area (Å²) in [4.78, 5) is 25.7. The van der Waals surface area contributed by atoms with Crippen molar-refractivity contribution < 1.29 is 19.4 Å². The zero-order valence-electron chi connectivity index (χ0n) is 9.29. The Labute approximate surface area is 102 Å². The molecule has 18 heavy (non-hydrogen) atoms. The standard InChI is InChI=1S/C12H10N2O4/c15-10(16)7-14-12(17)18-9-5-1-3-8-4-2-6-13-11(8)9/h1-6H,7H2,(H,14,17)(H,15,16). The van der Waals surface area contributed by atoms with Gasteiger partial charge in [0, 0.05) is 11.6 Å². The van der Waals surface area contributed by atoms with E-state index in [-0.39, 0.29) is 5.75 Å². The predicted octanol–water partition coefficient (Wildman–Crippen LogP) is 1.41. The fourth-order valence-corrected chi connectivity index (χ4v) is 1.44. The first-order valence-electron chi connectivity index (χ1n) is 5.18. The maximum absolute atomic E-state index is 11.3. The van der Waals surface area contributed by atoms with Crippen LogP contribution in [0.25, 0.3) is 10.9 Å². The topological polar surface area (TPSA) is 88.5 Å². The van der Waals surface area contributed by atoms with Crippen molar-refractivity contribution in [1.29, 1.82) is 0 Å². The van der Waals surface area contributed by atoms with Crippen LogP contribution in [0.15, 0.2) is 36.5 Å². The minimum absolute atomic E-state index is 0.288. The summed E-state index contributed by atoms with van der Waals surface area (Å²) in [6.07, 6.45) is 0.764. The van der Waals surface area contributed by atoms with Crippen LogP contribution in [-0.4, -0.2) is 28.7 Å². The van der Waals surface area contributed by atoms with Crippen molar-refractivity contribution in [2.24, 2.45) is 0 Å². The van der Waals surface area contributed by atoms with Gasteiger partial charge in [0.15, 0.2) is 5.75 Å². The van der Waals surface area contributed by atoms with Gasteiger partial charge in [-0.1, -0.05) is 18.2 Å². The van der Waals surface area contributed by atoms with Crippen molar-refractivity contribution in [3.63, 3.8) is 0 Å². The largest absolute Gasteiger partial charge is 0.480 e. The highest BCUT2D eigenvalue weighted by molar-refractivity contribution is 5.87. The number of ether oxygens (including phenoxy) is 1. The lowest BCUT2D eigenvalue weighted by atomic mass is 10.2. The average Bonchev–Trinajstić information content (AvgIpc) is 2.37. The number of amides is 1. The normalized spacial score (nSPS) is 10.0. The lowest BCUT2D eigenvalue weighted by molar-refractivity contribution is -0.135. The Morgan fingerprint density at radius 3 is 2.83 bits per heavy atom. The number of nitrogens with zero attached hydrogens (tertiary/aromatic N) is 1. The van der Waals surface area contributed by atoms with Crippen molar-refractivity contribution in [3.05, 3.63) is 36.5 Å². The zero-order chi connectivity index (χ0) is 13.0. The number of benzene rings is 1. The van der Waals surface area contributed by atoms with E-state index in [9.17, 15) is 9.59 Å². The summed E-state index contributed by atoms with van der Waals surface area (Å²) >= 11 is 0. The van der Waals surface area contributed by atoms with E-state index in [0.29, 0.717) is 5.52 Å². The van der Waals surface area contributed by atoms with Crippen LogP contribution in [0.5, 0.6) is 5.75 Å². The van der Waals surface area contributed by atoms with Gasteiger partial charge in [-0.3, -0.25) is 9.78 Å². The van der Waals surface area contributed by atoms with E-state index in [1.54, 1.807) is 24.4 Å². The molecule has 1 aromatic carbocycles. The Morgan fingerprint density at radius 1 is 1.28 bits per heavy atom. The van der Waals surface area contributed by atoms with Crippen LogP contribution in [0.4, 0.5) is 4.79 Å². The lowest BCUT2D eigenvalue weighted by Gasteiger charge is -2.06. The average molecular weight is 246 g/mol. The number of pyridine rings is 1. The molecule has 0 fully saturated rings. The van der Waals surface area contributed by atoms with E-state index in [4.69, 9.17) is 9.84 Å². The Balaban J connectivity index is 2.16. The van der Waals surface area contributed by atoms with Crippen LogP contribution in [0.1, 0.15) is 0 Å². The molecule has 0 atom stereocenters. The smallest absolute Gasteiger partial charge is 0.413 e. The van der Waals surface area contributed by atoms with Gasteiger partial charge >= 0.3 is 12.1 Å². The monoisotopic (exact) mass is 246 g/mol. The molecule has 6 heteroatoms. The molecule has 6 nitrogen and oxygen atoms in total. The summed E-state index contributed by atoms with van der Waals surface area (Å²) < 4.78 is 5.00. The maximum atomic E-state index is 11.3. The number of para-hydroxylation sites is 1. The summed E-state index contributed by atoms with van der Waals surface area (Å²) in [6.45, 7) is -0.489. The minimum Gasteiger partial charge on any atom is -0.480 e. The number of hydrogen-bond acceptors (Lipinski definition) is 4. The first-order chi connectivity index (χ1) is 8.66. The number of aromatic nitrogens is 1. The van der Waals surface area contributed by atoms with Crippen molar-refractivity contribution in [1.82, 2.24) is 10.3 Å². The third-order valence-electron chi connectivity index (χ3n) is 2.18. The summed E-state index contributed by atoms with van der Waals surface area (Å²) in [7, 11) is 0. The molecule has 2 aromatic rings. The Bertz CT molecular complexity index is 592. The van der Waals surface area contributed by atoms with Crippen molar-refractivity contribution in [3.8, 4) is 5.75 Å². The number of aliphatic carboxylic acids is 1. The predicted molar refractivity (Wildman–Crippen MR) is 63.4 cm³/mol. The first kappa shape index (κ1) is 11.8. The molecule has 0 bridgehead atoms. The number of nitrogens with one attached hydrogen (secondary N) is 1. The lowest BCUT2D eigenvalue weighted by Crippen LogP contribution is -2.31. The highest BCUT2D eigenvalue weighted by Crippen LogP contribution is 2.22.